The monoisotopic (exact) mass is 632 g/mol. The van der Waals surface area contributed by atoms with Crippen molar-refractivity contribution in [2.24, 2.45) is 0 Å². The number of anilines is 1. The Morgan fingerprint density at radius 1 is 1.11 bits per heavy atom. The number of hydrogen-bond donors (Lipinski definition) is 4. The van der Waals surface area contributed by atoms with Crippen molar-refractivity contribution < 1.29 is 42.9 Å². The van der Waals surface area contributed by atoms with Crippen molar-refractivity contribution in [3.63, 3.8) is 0 Å². The molecule has 0 aliphatic carbocycles. The molecule has 15 heteroatoms. The Morgan fingerprint density at radius 2 is 1.77 bits per heavy atom. The van der Waals surface area contributed by atoms with E-state index in [9.17, 15) is 24.4 Å². The highest BCUT2D eigenvalue weighted by Crippen LogP contribution is 2.47. The summed E-state index contributed by atoms with van der Waals surface area (Å²) >= 11 is 0. The van der Waals surface area contributed by atoms with Crippen LogP contribution in [0.4, 0.5) is 5.82 Å². The Morgan fingerprint density at radius 3 is 2.41 bits per heavy atom. The Hall–Kier alpha value is -3.62. The normalized spacial score (nSPS) is 23.6. The minimum atomic E-state index is -4.28. The van der Waals surface area contributed by atoms with E-state index in [1.165, 1.54) is 26.1 Å². The highest BCUT2D eigenvalue weighted by Gasteiger charge is 2.54. The van der Waals surface area contributed by atoms with E-state index in [-0.39, 0.29) is 18.2 Å². The fourth-order valence-corrected chi connectivity index (χ4v) is 5.80. The van der Waals surface area contributed by atoms with Crippen LogP contribution in [0.25, 0.3) is 0 Å². The van der Waals surface area contributed by atoms with E-state index in [4.69, 9.17) is 23.4 Å². The molecule has 0 spiro atoms. The number of nitrogens with zero attached hydrogens (tertiary/aromatic N) is 2. The third kappa shape index (κ3) is 8.51. The van der Waals surface area contributed by atoms with Crippen molar-refractivity contribution in [3.05, 3.63) is 89.0 Å². The number of aliphatic hydroxyl groups excluding tert-OH is 1. The van der Waals surface area contributed by atoms with Crippen LogP contribution in [0.5, 0.6) is 5.75 Å². The third-order valence-electron chi connectivity index (χ3n) is 6.53. The molecule has 44 heavy (non-hydrogen) atoms. The van der Waals surface area contributed by atoms with Gasteiger partial charge in [-0.05, 0) is 51.5 Å². The van der Waals surface area contributed by atoms with E-state index in [1.54, 1.807) is 44.2 Å². The van der Waals surface area contributed by atoms with Crippen molar-refractivity contribution >= 4 is 19.5 Å². The maximum atomic E-state index is 13.8. The first-order valence-electron chi connectivity index (χ1n) is 13.9. The largest absolute Gasteiger partial charge is 0.462 e. The Kier molecular flexibility index (Phi) is 10.9. The highest BCUT2D eigenvalue weighted by molar-refractivity contribution is 7.52. The number of esters is 1. The molecule has 1 saturated heterocycles. The number of ether oxygens (including phenoxy) is 2. The lowest BCUT2D eigenvalue weighted by atomic mass is 9.96. The molecule has 1 aliphatic heterocycles. The Balaban J connectivity index is 1.44. The van der Waals surface area contributed by atoms with Crippen LogP contribution >= 0.6 is 7.75 Å². The smallest absolute Gasteiger partial charge is 0.459 e. The predicted molar refractivity (Wildman–Crippen MR) is 158 cm³/mol. The van der Waals surface area contributed by atoms with Crippen molar-refractivity contribution in [2.45, 2.75) is 70.5 Å². The summed E-state index contributed by atoms with van der Waals surface area (Å²) in [4.78, 5) is 34.6. The average Bonchev–Trinajstić information content (AvgIpc) is 3.20. The van der Waals surface area contributed by atoms with Gasteiger partial charge in [-0.25, -0.2) is 14.8 Å². The van der Waals surface area contributed by atoms with Crippen molar-refractivity contribution in [1.29, 1.82) is 0 Å². The second kappa shape index (κ2) is 14.4. The van der Waals surface area contributed by atoms with Crippen LogP contribution in [0.2, 0.25) is 0 Å². The standard InChI is InChI=1S/C29H37N4O10P/c1-19(2)41-26(35)20(3)32-44(38,43-22-13-9-6-10-14-22)40-18-23-25(34)29(4,37)27(42-23)33-16-15-24(30-28(33)36)31-39-17-21-11-7-5-8-12-21/h5-16,19-20,23,25,27,34,37H,17-18H2,1-4H3,(H,32,38)(H,30,31,36)/t20?,23-,25-,27-,29-,44?/m1/s1. The van der Waals surface area contributed by atoms with Gasteiger partial charge in [0.25, 0.3) is 0 Å². The molecule has 1 aliphatic rings. The molecule has 0 amide bonds. The summed E-state index contributed by atoms with van der Waals surface area (Å²) in [7, 11) is -4.28. The molecule has 2 unspecified atom stereocenters. The van der Waals surface area contributed by atoms with Gasteiger partial charge in [0, 0.05) is 6.20 Å². The Labute approximate surface area is 254 Å². The summed E-state index contributed by atoms with van der Waals surface area (Å²) in [6.45, 7) is 5.74. The van der Waals surface area contributed by atoms with Gasteiger partial charge in [-0.1, -0.05) is 48.5 Å². The number of carbonyl (C=O) groups is 1. The quantitative estimate of drug-likeness (QED) is 0.116. The maximum absolute atomic E-state index is 13.8. The zero-order valence-corrected chi connectivity index (χ0v) is 25.6. The number of benzene rings is 2. The molecule has 2 aromatic carbocycles. The summed E-state index contributed by atoms with van der Waals surface area (Å²) in [5.74, 6) is -0.379. The molecule has 3 aromatic rings. The molecule has 1 aromatic heterocycles. The van der Waals surface area contributed by atoms with Crippen LogP contribution in [0, 0.1) is 0 Å². The van der Waals surface area contributed by atoms with E-state index >= 15 is 0 Å². The fraction of sp³-hybridized carbons (Fsp3) is 0.414. The molecule has 238 valence electrons. The van der Waals surface area contributed by atoms with Crippen LogP contribution in [0.15, 0.2) is 77.7 Å². The number of para-hydroxylation sites is 1. The van der Waals surface area contributed by atoms with Crippen LogP contribution in [0.1, 0.15) is 39.5 Å². The lowest BCUT2D eigenvalue weighted by Crippen LogP contribution is -2.46. The number of rotatable bonds is 14. The first-order chi connectivity index (χ1) is 20.9. The lowest BCUT2D eigenvalue weighted by molar-refractivity contribution is -0.149. The van der Waals surface area contributed by atoms with Crippen molar-refractivity contribution in [3.8, 4) is 5.75 Å². The topological polar surface area (TPSA) is 180 Å². The SMILES string of the molecule is CC(C)OC(=O)C(C)NP(=O)(OC[C@H]1O[C@@H](n2ccc(NOCc3ccccc3)nc2=O)[C@](C)(O)[C@@H]1O)Oc1ccccc1. The van der Waals surface area contributed by atoms with Gasteiger partial charge in [-0.2, -0.15) is 10.1 Å². The summed E-state index contributed by atoms with van der Waals surface area (Å²) in [5.41, 5.74) is 0.727. The minimum absolute atomic E-state index is 0.121. The van der Waals surface area contributed by atoms with Crippen LogP contribution in [-0.2, 0) is 34.8 Å². The minimum Gasteiger partial charge on any atom is -0.462 e. The number of aromatic nitrogens is 2. The fourth-order valence-electron chi connectivity index (χ4n) is 4.30. The molecular formula is C29H37N4O10P. The molecule has 2 heterocycles. The van der Waals surface area contributed by atoms with E-state index in [0.29, 0.717) is 0 Å². The van der Waals surface area contributed by atoms with E-state index in [0.717, 1.165) is 10.1 Å². The molecule has 0 saturated carbocycles. The maximum Gasteiger partial charge on any atom is 0.459 e. The van der Waals surface area contributed by atoms with Gasteiger partial charge in [-0.3, -0.25) is 18.7 Å². The third-order valence-corrected chi connectivity index (χ3v) is 8.17. The van der Waals surface area contributed by atoms with Gasteiger partial charge in [0.05, 0.1) is 19.3 Å². The first-order valence-corrected chi connectivity index (χ1v) is 15.5. The van der Waals surface area contributed by atoms with Crippen LogP contribution < -0.4 is 20.8 Å². The average molecular weight is 633 g/mol. The van der Waals surface area contributed by atoms with Crippen LogP contribution in [-0.4, -0.2) is 62.3 Å². The Bertz CT molecular complexity index is 1490. The number of hydrogen-bond acceptors (Lipinski definition) is 12. The molecular weight excluding hydrogens is 595 g/mol. The molecule has 0 radical (unpaired) electrons. The zero-order chi connectivity index (χ0) is 31.9. The molecule has 4 N–H and O–H groups in total. The van der Waals surface area contributed by atoms with Gasteiger partial charge in [0.2, 0.25) is 0 Å². The number of nitrogens with one attached hydrogen (secondary N) is 2. The van der Waals surface area contributed by atoms with Gasteiger partial charge < -0.3 is 24.2 Å². The summed E-state index contributed by atoms with van der Waals surface area (Å²) < 4.78 is 37.0. The first kappa shape index (κ1) is 33.3. The van der Waals surface area contributed by atoms with Gasteiger partial charge in [0.1, 0.15) is 29.6 Å². The van der Waals surface area contributed by atoms with Crippen molar-refractivity contribution in [2.75, 3.05) is 12.1 Å². The van der Waals surface area contributed by atoms with E-state index in [1.807, 2.05) is 30.3 Å². The molecule has 6 atom stereocenters. The molecule has 1 fully saturated rings. The molecule has 0 bridgehead atoms. The second-order valence-corrected chi connectivity index (χ2v) is 12.3. The summed E-state index contributed by atoms with van der Waals surface area (Å²) in [5, 5.41) is 24.6. The second-order valence-electron chi connectivity index (χ2n) is 10.6. The van der Waals surface area contributed by atoms with E-state index in [2.05, 4.69) is 15.6 Å². The van der Waals surface area contributed by atoms with Crippen molar-refractivity contribution in [1.82, 2.24) is 14.6 Å². The van der Waals surface area contributed by atoms with Crippen LogP contribution in [0.3, 0.4) is 0 Å². The van der Waals surface area contributed by atoms with Gasteiger partial charge in [-0.15, -0.1) is 0 Å². The van der Waals surface area contributed by atoms with E-state index < -0.39 is 62.2 Å². The van der Waals surface area contributed by atoms with Gasteiger partial charge in [0.15, 0.2) is 12.0 Å². The number of aliphatic hydroxyl groups is 2. The zero-order valence-electron chi connectivity index (χ0n) is 24.7. The lowest BCUT2D eigenvalue weighted by Gasteiger charge is -2.27. The van der Waals surface area contributed by atoms with Gasteiger partial charge >= 0.3 is 19.4 Å². The molecule has 4 rings (SSSR count). The molecule has 14 nitrogen and oxygen atoms in total. The summed E-state index contributed by atoms with van der Waals surface area (Å²) in [6, 6.07) is 17.9. The summed E-state index contributed by atoms with van der Waals surface area (Å²) in [6.07, 6.45) is -3.31. The number of carbonyl (C=O) groups excluding carboxylic acids is 1. The predicted octanol–water partition coefficient (Wildman–Crippen LogP) is 2.93. The highest BCUT2D eigenvalue weighted by atomic mass is 31.2.